The molecule has 0 bridgehead atoms. The molecule has 0 saturated carbocycles. The maximum absolute atomic E-state index is 8.51. The SMILES string of the molecule is [2H]c1c([2H])c([2H])c(-c2cc(C(C)C)c(-n3c(C)[n+](C)c4ccccc43)c(C(C)C)c2)c([2H])c1[2H]. The van der Waals surface area contributed by atoms with Crippen molar-refractivity contribution in [3.8, 4) is 16.8 Å². The molecule has 0 fully saturated rings. The van der Waals surface area contributed by atoms with Crippen molar-refractivity contribution in [2.75, 3.05) is 0 Å². The van der Waals surface area contributed by atoms with Gasteiger partial charge < -0.3 is 0 Å². The van der Waals surface area contributed by atoms with Crippen molar-refractivity contribution < 1.29 is 11.4 Å². The molecule has 148 valence electrons. The van der Waals surface area contributed by atoms with Crippen molar-refractivity contribution in [1.82, 2.24) is 4.57 Å². The number of hydrogen-bond donors (Lipinski definition) is 0. The van der Waals surface area contributed by atoms with Crippen LogP contribution in [0.5, 0.6) is 0 Å². The number of imidazole rings is 1. The van der Waals surface area contributed by atoms with Crippen molar-refractivity contribution in [2.45, 2.75) is 46.5 Å². The van der Waals surface area contributed by atoms with Gasteiger partial charge in [-0.2, -0.15) is 4.57 Å². The molecular formula is C27H31N2+. The first-order valence-electron chi connectivity index (χ1n) is 12.7. The highest BCUT2D eigenvalue weighted by molar-refractivity contribution is 5.78. The highest BCUT2D eigenvalue weighted by Crippen LogP contribution is 2.37. The minimum atomic E-state index is -0.370. The van der Waals surface area contributed by atoms with E-state index in [0.29, 0.717) is 5.56 Å². The average Bonchev–Trinajstić information content (AvgIpc) is 3.06. The Balaban J connectivity index is 2.15. The molecule has 3 aromatic carbocycles. The van der Waals surface area contributed by atoms with Gasteiger partial charge in [0.15, 0.2) is 11.0 Å². The van der Waals surface area contributed by atoms with Crippen LogP contribution in [0.2, 0.25) is 0 Å². The summed E-state index contributed by atoms with van der Waals surface area (Å²) >= 11 is 0. The average molecular weight is 389 g/mol. The maximum atomic E-state index is 8.51. The second kappa shape index (κ2) is 7.51. The van der Waals surface area contributed by atoms with E-state index in [4.69, 9.17) is 6.85 Å². The molecule has 4 rings (SSSR count). The predicted octanol–water partition coefficient (Wildman–Crippen LogP) is 6.68. The van der Waals surface area contributed by atoms with Gasteiger partial charge in [0, 0.05) is 18.1 Å². The lowest BCUT2D eigenvalue weighted by Crippen LogP contribution is -2.31. The molecule has 1 aromatic heterocycles. The van der Waals surface area contributed by atoms with Gasteiger partial charge in [-0.25, -0.2) is 4.57 Å². The molecule has 2 nitrogen and oxygen atoms in total. The predicted molar refractivity (Wildman–Crippen MR) is 123 cm³/mol. The Morgan fingerprint density at radius 1 is 0.862 bits per heavy atom. The molecule has 29 heavy (non-hydrogen) atoms. The first-order valence-corrected chi connectivity index (χ1v) is 10.2. The summed E-state index contributed by atoms with van der Waals surface area (Å²) in [5.41, 5.74) is 6.43. The summed E-state index contributed by atoms with van der Waals surface area (Å²) < 4.78 is 45.8. The molecule has 0 saturated heterocycles. The molecule has 0 aliphatic rings. The standard InChI is InChI=1S/C27H31N2/c1-18(2)23-16-22(21-12-8-7-9-13-21)17-24(19(3)4)27(23)29-20(5)28(6)25-14-10-11-15-26(25)29/h7-19H,1-6H3/q+1/i7D,8D,9D,12D,13D. The van der Waals surface area contributed by atoms with E-state index in [1.54, 1.807) is 0 Å². The number of aryl methyl sites for hydroxylation is 1. The van der Waals surface area contributed by atoms with Crippen molar-refractivity contribution in [3.63, 3.8) is 0 Å². The molecule has 0 aliphatic carbocycles. The fourth-order valence-electron chi connectivity index (χ4n) is 4.07. The van der Waals surface area contributed by atoms with Crippen LogP contribution in [-0.4, -0.2) is 4.57 Å². The monoisotopic (exact) mass is 388 g/mol. The third-order valence-corrected chi connectivity index (χ3v) is 5.72. The molecule has 0 aliphatic heterocycles. The van der Waals surface area contributed by atoms with Crippen LogP contribution in [0.3, 0.4) is 0 Å². The van der Waals surface area contributed by atoms with Crippen LogP contribution < -0.4 is 4.57 Å². The van der Waals surface area contributed by atoms with Crippen LogP contribution in [0, 0.1) is 6.92 Å². The zero-order valence-corrected chi connectivity index (χ0v) is 18.0. The largest absolute Gasteiger partial charge is 0.259 e. The van der Waals surface area contributed by atoms with Crippen LogP contribution in [-0.2, 0) is 7.05 Å². The van der Waals surface area contributed by atoms with Crippen LogP contribution in [0.1, 0.15) is 63.3 Å². The van der Waals surface area contributed by atoms with Gasteiger partial charge in [0.05, 0.1) is 13.9 Å². The number of rotatable bonds is 4. The highest BCUT2D eigenvalue weighted by Gasteiger charge is 2.27. The molecular weight excluding hydrogens is 352 g/mol. The first-order chi connectivity index (χ1) is 16.0. The Morgan fingerprint density at radius 2 is 1.45 bits per heavy atom. The van der Waals surface area contributed by atoms with Gasteiger partial charge in [-0.1, -0.05) is 70.0 Å². The summed E-state index contributed by atoms with van der Waals surface area (Å²) in [6.45, 7) is 10.6. The summed E-state index contributed by atoms with van der Waals surface area (Å²) in [6, 6.07) is 11.0. The molecule has 0 atom stereocenters. The molecule has 0 spiro atoms. The first kappa shape index (κ1) is 14.2. The molecule has 0 amide bonds. The topological polar surface area (TPSA) is 8.81 Å². The van der Waals surface area contributed by atoms with Gasteiger partial charge in [0.1, 0.15) is 5.69 Å². The minimum Gasteiger partial charge on any atom is -0.230 e. The van der Waals surface area contributed by atoms with E-state index >= 15 is 0 Å². The lowest BCUT2D eigenvalue weighted by atomic mass is 9.88. The second-order valence-electron chi connectivity index (χ2n) is 8.24. The normalized spacial score (nSPS) is 14.1. The van der Waals surface area contributed by atoms with Crippen LogP contribution in [0.15, 0.2) is 66.6 Å². The molecule has 4 aromatic rings. The minimum absolute atomic E-state index is 0.156. The van der Waals surface area contributed by atoms with Gasteiger partial charge in [-0.05, 0) is 47.2 Å². The van der Waals surface area contributed by atoms with E-state index in [-0.39, 0.29) is 47.6 Å². The van der Waals surface area contributed by atoms with Crippen LogP contribution in [0.25, 0.3) is 27.8 Å². The summed E-state index contributed by atoms with van der Waals surface area (Å²) in [4.78, 5) is 0. The van der Waals surface area contributed by atoms with Crippen molar-refractivity contribution in [1.29, 1.82) is 0 Å². The van der Waals surface area contributed by atoms with Crippen molar-refractivity contribution in [2.24, 2.45) is 7.05 Å². The number of para-hydroxylation sites is 2. The fourth-order valence-corrected chi connectivity index (χ4v) is 4.07. The third-order valence-electron chi connectivity index (χ3n) is 5.72. The van der Waals surface area contributed by atoms with E-state index in [1.807, 2.05) is 24.3 Å². The Kier molecular flexibility index (Phi) is 3.67. The number of benzene rings is 3. The van der Waals surface area contributed by atoms with E-state index in [1.165, 1.54) is 0 Å². The van der Waals surface area contributed by atoms with Gasteiger partial charge in [0.2, 0.25) is 0 Å². The van der Waals surface area contributed by atoms with Gasteiger partial charge in [0.25, 0.3) is 5.82 Å². The number of aromatic nitrogens is 2. The number of hydrogen-bond acceptors (Lipinski definition) is 0. The van der Waals surface area contributed by atoms with Crippen LogP contribution >= 0.6 is 0 Å². The van der Waals surface area contributed by atoms with Gasteiger partial charge in [-0.3, -0.25) is 0 Å². The Hall–Kier alpha value is -2.87. The van der Waals surface area contributed by atoms with E-state index in [9.17, 15) is 0 Å². The fraction of sp³-hybridized carbons (Fsp3) is 0.296. The van der Waals surface area contributed by atoms with E-state index < -0.39 is 0 Å². The molecule has 0 unspecified atom stereocenters. The van der Waals surface area contributed by atoms with E-state index in [2.05, 4.69) is 62.9 Å². The Bertz CT molecular complexity index is 1380. The van der Waals surface area contributed by atoms with Gasteiger partial charge in [-0.15, -0.1) is 0 Å². The summed E-state index contributed by atoms with van der Waals surface area (Å²) in [7, 11) is 2.07. The Labute approximate surface area is 181 Å². The van der Waals surface area contributed by atoms with Gasteiger partial charge >= 0.3 is 0 Å². The van der Waals surface area contributed by atoms with Crippen molar-refractivity contribution in [3.05, 3.63) is 83.6 Å². The molecule has 0 radical (unpaired) electrons. The third kappa shape index (κ3) is 3.27. The van der Waals surface area contributed by atoms with Crippen molar-refractivity contribution >= 4 is 11.0 Å². The lowest BCUT2D eigenvalue weighted by molar-refractivity contribution is -0.652. The maximum Gasteiger partial charge on any atom is 0.259 e. The highest BCUT2D eigenvalue weighted by atomic mass is 15.2. The summed E-state index contributed by atoms with van der Waals surface area (Å²) in [6.07, 6.45) is 0. The quantitative estimate of drug-likeness (QED) is 0.345. The lowest BCUT2D eigenvalue weighted by Gasteiger charge is -2.20. The zero-order valence-electron chi connectivity index (χ0n) is 23.0. The van der Waals surface area contributed by atoms with E-state index in [0.717, 1.165) is 33.7 Å². The molecule has 1 heterocycles. The Morgan fingerprint density at radius 3 is 2.03 bits per heavy atom. The number of fused-ring (bicyclic) bond motifs is 1. The number of nitrogens with zero attached hydrogens (tertiary/aromatic N) is 2. The zero-order chi connectivity index (χ0) is 25.1. The second-order valence-corrected chi connectivity index (χ2v) is 8.24. The summed E-state index contributed by atoms with van der Waals surface area (Å²) in [5.74, 6) is 1.41. The van der Waals surface area contributed by atoms with Crippen LogP contribution in [0.4, 0.5) is 0 Å². The molecule has 0 N–H and O–H groups in total. The molecule has 2 heteroatoms. The smallest absolute Gasteiger partial charge is 0.230 e. The summed E-state index contributed by atoms with van der Waals surface area (Å²) in [5, 5.41) is 0.